The molecular weight excluding hydrogens is 242 g/mol. The predicted octanol–water partition coefficient (Wildman–Crippen LogP) is 2.67. The van der Waals surface area contributed by atoms with Gasteiger partial charge in [0.05, 0.1) is 11.3 Å². The van der Waals surface area contributed by atoms with Crippen LogP contribution in [-0.4, -0.2) is 4.98 Å². The summed E-state index contributed by atoms with van der Waals surface area (Å²) in [6.45, 7) is 0. The Bertz CT molecular complexity index is 180. The molecule has 7 heavy (non-hydrogen) atoms. The standard InChI is InChI=1S/C3HBr2NS/c4-2-1-6-3(5)7-2/h1H/i1D. The summed E-state index contributed by atoms with van der Waals surface area (Å²) in [6.07, 6.45) is 0.293. The molecular formula is C3HBr2NS. The van der Waals surface area contributed by atoms with Crippen LogP contribution in [0.5, 0.6) is 0 Å². The van der Waals surface area contributed by atoms with E-state index in [1.165, 1.54) is 11.3 Å². The smallest absolute Gasteiger partial charge is 0.160 e. The van der Waals surface area contributed by atoms with Gasteiger partial charge in [0.25, 0.3) is 0 Å². The Morgan fingerprint density at radius 3 is 2.71 bits per heavy atom. The van der Waals surface area contributed by atoms with Gasteiger partial charge >= 0.3 is 0 Å². The highest BCUT2D eigenvalue weighted by atomic mass is 79.9. The maximum atomic E-state index is 7.06. The summed E-state index contributed by atoms with van der Waals surface area (Å²) in [7, 11) is 0. The number of halogens is 2. The maximum absolute atomic E-state index is 7.06. The molecule has 0 fully saturated rings. The van der Waals surface area contributed by atoms with E-state index in [1.807, 2.05) is 0 Å². The average molecular weight is 244 g/mol. The van der Waals surface area contributed by atoms with Crippen LogP contribution in [0.25, 0.3) is 0 Å². The lowest BCUT2D eigenvalue weighted by molar-refractivity contribution is 1.37. The minimum Gasteiger partial charge on any atom is -0.236 e. The van der Waals surface area contributed by atoms with E-state index in [9.17, 15) is 0 Å². The average Bonchev–Trinajstić information content (AvgIpc) is 1.85. The van der Waals surface area contributed by atoms with Gasteiger partial charge in [-0.25, -0.2) is 4.98 Å². The maximum Gasteiger partial charge on any atom is 0.160 e. The Kier molecular flexibility index (Phi) is 1.43. The van der Waals surface area contributed by atoms with Crippen LogP contribution < -0.4 is 0 Å². The Labute approximate surface area is 63.4 Å². The minimum atomic E-state index is 0.293. The molecule has 0 aliphatic carbocycles. The second-order valence-corrected chi connectivity index (χ2v) is 4.45. The van der Waals surface area contributed by atoms with E-state index in [1.54, 1.807) is 0 Å². The molecule has 0 bridgehead atoms. The molecule has 0 radical (unpaired) electrons. The topological polar surface area (TPSA) is 12.9 Å². The molecule has 0 aliphatic heterocycles. The van der Waals surface area contributed by atoms with E-state index in [0.717, 1.165) is 7.70 Å². The Morgan fingerprint density at radius 1 is 1.86 bits per heavy atom. The minimum absolute atomic E-state index is 0.293. The first-order valence-corrected chi connectivity index (χ1v) is 3.89. The third kappa shape index (κ3) is 1.51. The van der Waals surface area contributed by atoms with Gasteiger partial charge in [-0.15, -0.1) is 11.3 Å². The van der Waals surface area contributed by atoms with Crippen molar-refractivity contribution in [2.75, 3.05) is 0 Å². The van der Waals surface area contributed by atoms with Crippen LogP contribution in [0.3, 0.4) is 0 Å². The monoisotopic (exact) mass is 242 g/mol. The molecule has 1 rings (SSSR count). The highest BCUT2D eigenvalue weighted by molar-refractivity contribution is 9.12. The largest absolute Gasteiger partial charge is 0.236 e. The van der Waals surface area contributed by atoms with Crippen molar-refractivity contribution in [3.8, 4) is 0 Å². The van der Waals surface area contributed by atoms with Crippen LogP contribution in [0.2, 0.25) is 0 Å². The zero-order valence-corrected chi connectivity index (χ0v) is 7.10. The Hall–Kier alpha value is 0.590. The first-order valence-electron chi connectivity index (χ1n) is 1.98. The number of hydrogen-bond donors (Lipinski definition) is 0. The van der Waals surface area contributed by atoms with Crippen molar-refractivity contribution < 1.29 is 1.37 Å². The van der Waals surface area contributed by atoms with Crippen molar-refractivity contribution >= 4 is 43.2 Å². The van der Waals surface area contributed by atoms with Gasteiger partial charge < -0.3 is 0 Å². The molecule has 0 unspecified atom stereocenters. The fraction of sp³-hybridized carbons (Fsp3) is 0. The zero-order chi connectivity index (χ0) is 6.15. The molecule has 1 aromatic heterocycles. The van der Waals surface area contributed by atoms with Gasteiger partial charge in [0.2, 0.25) is 0 Å². The van der Waals surface area contributed by atoms with Crippen molar-refractivity contribution in [3.05, 3.63) is 13.9 Å². The van der Waals surface area contributed by atoms with E-state index >= 15 is 0 Å². The SMILES string of the molecule is [2H]c1nc(Br)sc1Br. The van der Waals surface area contributed by atoms with Crippen molar-refractivity contribution in [1.82, 2.24) is 4.98 Å². The highest BCUT2D eigenvalue weighted by Crippen LogP contribution is 2.22. The molecule has 0 amide bonds. The molecule has 1 nitrogen and oxygen atoms in total. The van der Waals surface area contributed by atoms with E-state index in [-0.39, 0.29) is 0 Å². The van der Waals surface area contributed by atoms with Gasteiger partial charge in [-0.1, -0.05) is 0 Å². The Morgan fingerprint density at radius 2 is 2.57 bits per heavy atom. The quantitative estimate of drug-likeness (QED) is 0.683. The van der Waals surface area contributed by atoms with Gasteiger partial charge in [-0.05, 0) is 31.9 Å². The van der Waals surface area contributed by atoms with Crippen LogP contribution in [0.15, 0.2) is 13.9 Å². The first-order chi connectivity index (χ1) is 3.70. The van der Waals surface area contributed by atoms with Gasteiger partial charge in [0.1, 0.15) is 0 Å². The lowest BCUT2D eigenvalue weighted by Crippen LogP contribution is -1.48. The number of hydrogen-bond acceptors (Lipinski definition) is 2. The predicted molar refractivity (Wildman–Crippen MR) is 37.5 cm³/mol. The van der Waals surface area contributed by atoms with Crippen LogP contribution in [0, 0.1) is 0 Å². The molecule has 0 saturated carbocycles. The molecule has 38 valence electrons. The number of aromatic nitrogens is 1. The lowest BCUT2D eigenvalue weighted by Gasteiger charge is -1.64. The first kappa shape index (κ1) is 4.47. The van der Waals surface area contributed by atoms with Crippen LogP contribution >= 0.6 is 43.2 Å². The summed E-state index contributed by atoms with van der Waals surface area (Å²) in [4.78, 5) is 3.77. The van der Waals surface area contributed by atoms with Crippen molar-refractivity contribution in [1.29, 1.82) is 0 Å². The van der Waals surface area contributed by atoms with E-state index < -0.39 is 0 Å². The third-order valence-corrected chi connectivity index (χ3v) is 2.26. The Balaban J connectivity index is 3.14. The molecule has 4 heteroatoms. The summed E-state index contributed by atoms with van der Waals surface area (Å²) < 4.78 is 8.58. The fourth-order valence-electron chi connectivity index (χ4n) is 0.207. The van der Waals surface area contributed by atoms with Crippen molar-refractivity contribution in [3.63, 3.8) is 0 Å². The molecule has 1 heterocycles. The molecule has 0 atom stereocenters. The fourth-order valence-corrected chi connectivity index (χ4v) is 2.31. The second kappa shape index (κ2) is 2.24. The van der Waals surface area contributed by atoms with Crippen molar-refractivity contribution in [2.45, 2.75) is 0 Å². The van der Waals surface area contributed by atoms with Crippen LogP contribution in [-0.2, 0) is 0 Å². The van der Waals surface area contributed by atoms with Crippen LogP contribution in [0.4, 0.5) is 0 Å². The van der Waals surface area contributed by atoms with Gasteiger partial charge in [0.15, 0.2) is 3.92 Å². The summed E-state index contributed by atoms with van der Waals surface area (Å²) in [5.74, 6) is 0. The van der Waals surface area contributed by atoms with E-state index in [4.69, 9.17) is 1.37 Å². The number of thiazole rings is 1. The number of rotatable bonds is 0. The molecule has 0 saturated heterocycles. The second-order valence-electron chi connectivity index (χ2n) is 0.852. The van der Waals surface area contributed by atoms with E-state index in [0.29, 0.717) is 6.17 Å². The molecule has 0 aromatic carbocycles. The van der Waals surface area contributed by atoms with Gasteiger partial charge in [0, 0.05) is 0 Å². The number of nitrogens with zero attached hydrogens (tertiary/aromatic N) is 1. The summed E-state index contributed by atoms with van der Waals surface area (Å²) in [5.41, 5.74) is 0. The lowest BCUT2D eigenvalue weighted by atomic mass is 11.0. The van der Waals surface area contributed by atoms with Crippen LogP contribution in [0.1, 0.15) is 1.37 Å². The van der Waals surface area contributed by atoms with E-state index in [2.05, 4.69) is 36.8 Å². The molecule has 0 aliphatic rings. The van der Waals surface area contributed by atoms with Crippen molar-refractivity contribution in [2.24, 2.45) is 0 Å². The highest BCUT2D eigenvalue weighted by Gasteiger charge is 1.89. The zero-order valence-electron chi connectivity index (χ0n) is 4.11. The summed E-state index contributed by atoms with van der Waals surface area (Å²) in [5, 5.41) is 0. The summed E-state index contributed by atoms with van der Waals surface area (Å²) in [6, 6.07) is 0. The molecule has 1 aromatic rings. The van der Waals surface area contributed by atoms with Gasteiger partial charge in [-0.2, -0.15) is 0 Å². The van der Waals surface area contributed by atoms with Gasteiger partial charge in [-0.3, -0.25) is 0 Å². The third-order valence-electron chi connectivity index (χ3n) is 0.406. The molecule has 0 spiro atoms. The summed E-state index contributed by atoms with van der Waals surface area (Å²) >= 11 is 7.70. The molecule has 0 N–H and O–H groups in total. The normalized spacial score (nSPS) is 11.4.